The normalized spacial score (nSPS) is 17.7. The number of nitrogens with zero attached hydrogens (tertiary/aromatic N) is 3. The Balaban J connectivity index is 1.68. The predicted molar refractivity (Wildman–Crippen MR) is 99.4 cm³/mol. The fourth-order valence-electron chi connectivity index (χ4n) is 2.99. The molecule has 0 saturated carbocycles. The average Bonchev–Trinajstić information content (AvgIpc) is 3.08. The lowest BCUT2D eigenvalue weighted by atomic mass is 10.2. The zero-order valence-electron chi connectivity index (χ0n) is 14.4. The van der Waals surface area contributed by atoms with Crippen LogP contribution in [0.2, 0.25) is 0 Å². The van der Waals surface area contributed by atoms with Crippen molar-refractivity contribution >= 4 is 25.9 Å². The minimum atomic E-state index is -3.58. The Morgan fingerprint density at radius 2 is 1.73 bits per heavy atom. The van der Waals surface area contributed by atoms with Gasteiger partial charge in [-0.1, -0.05) is 30.3 Å². The van der Waals surface area contributed by atoms with Crippen LogP contribution in [0.1, 0.15) is 18.4 Å². The minimum absolute atomic E-state index is 0.0304. The van der Waals surface area contributed by atoms with E-state index >= 15 is 0 Å². The third-order valence-corrected chi connectivity index (χ3v) is 8.28. The Kier molecular flexibility index (Phi) is 5.31. The molecule has 0 amide bonds. The van der Waals surface area contributed by atoms with Gasteiger partial charge in [0.1, 0.15) is 0 Å². The van der Waals surface area contributed by atoms with Crippen molar-refractivity contribution in [3.8, 4) is 0 Å². The van der Waals surface area contributed by atoms with Gasteiger partial charge in [-0.15, -0.1) is 0 Å². The van der Waals surface area contributed by atoms with E-state index < -0.39 is 25.1 Å². The van der Waals surface area contributed by atoms with Crippen molar-refractivity contribution in [2.75, 3.05) is 13.1 Å². The molecule has 0 unspecified atom stereocenters. The number of aryl methyl sites for hydroxylation is 1. The fourth-order valence-corrected chi connectivity index (χ4v) is 6.01. The molecule has 1 aromatic carbocycles. The van der Waals surface area contributed by atoms with Gasteiger partial charge in [-0.3, -0.25) is 0 Å². The van der Waals surface area contributed by atoms with Crippen LogP contribution in [0.25, 0.3) is 6.08 Å². The number of benzene rings is 1. The summed E-state index contributed by atoms with van der Waals surface area (Å²) in [6.45, 7) is 0.353. The van der Waals surface area contributed by atoms with Crippen molar-refractivity contribution in [3.63, 3.8) is 0 Å². The van der Waals surface area contributed by atoms with Crippen LogP contribution in [0.4, 0.5) is 0 Å². The molecule has 0 radical (unpaired) electrons. The van der Waals surface area contributed by atoms with Crippen LogP contribution < -0.4 is 0 Å². The Morgan fingerprint density at radius 1 is 1.08 bits per heavy atom. The number of piperidine rings is 1. The van der Waals surface area contributed by atoms with Gasteiger partial charge < -0.3 is 4.57 Å². The summed E-state index contributed by atoms with van der Waals surface area (Å²) in [5, 5.41) is 0.589. The second-order valence-electron chi connectivity index (χ2n) is 6.22. The molecule has 1 aliphatic rings. The predicted octanol–water partition coefficient (Wildman–Crippen LogP) is 1.66. The molecule has 1 fully saturated rings. The van der Waals surface area contributed by atoms with Gasteiger partial charge in [0.25, 0.3) is 0 Å². The summed E-state index contributed by atoms with van der Waals surface area (Å²) in [6.07, 6.45) is 5.09. The number of sulfonamides is 1. The molecule has 140 valence electrons. The molecule has 9 heteroatoms. The van der Waals surface area contributed by atoms with Gasteiger partial charge in [0.2, 0.25) is 25.0 Å². The van der Waals surface area contributed by atoms with Crippen LogP contribution in [0.3, 0.4) is 0 Å². The number of sulfone groups is 1. The molecular formula is C17H21N3O4S2. The van der Waals surface area contributed by atoms with Crippen LogP contribution in [-0.2, 0) is 26.9 Å². The standard InChI is InChI=1S/C17H21N3O4S2/c1-19-13-10-18-17(19)26(23,24)16-7-11-20(12-8-16)25(21,22)14-9-15-5-3-2-4-6-15/h2-6,9-10,13-14,16H,7-8,11-12H2,1H3. The van der Waals surface area contributed by atoms with Gasteiger partial charge in [-0.05, 0) is 24.5 Å². The maximum absolute atomic E-state index is 12.7. The number of hydrogen-bond acceptors (Lipinski definition) is 5. The average molecular weight is 396 g/mol. The van der Waals surface area contributed by atoms with Crippen LogP contribution in [0, 0.1) is 0 Å². The zero-order valence-corrected chi connectivity index (χ0v) is 16.0. The van der Waals surface area contributed by atoms with Crippen molar-refractivity contribution in [2.24, 2.45) is 7.05 Å². The highest BCUT2D eigenvalue weighted by molar-refractivity contribution is 7.92. The molecule has 0 N–H and O–H groups in total. The van der Waals surface area contributed by atoms with E-state index in [0.29, 0.717) is 0 Å². The van der Waals surface area contributed by atoms with Crippen molar-refractivity contribution in [1.29, 1.82) is 0 Å². The van der Waals surface area contributed by atoms with E-state index in [2.05, 4.69) is 4.98 Å². The Morgan fingerprint density at radius 3 is 2.31 bits per heavy atom. The Labute approximate surface area is 153 Å². The summed E-state index contributed by atoms with van der Waals surface area (Å²) in [4.78, 5) is 3.93. The molecule has 2 heterocycles. The van der Waals surface area contributed by atoms with Gasteiger partial charge >= 0.3 is 0 Å². The van der Waals surface area contributed by atoms with E-state index in [1.807, 2.05) is 30.3 Å². The summed E-state index contributed by atoms with van der Waals surface area (Å²) in [5.74, 6) is 0. The molecule has 2 aromatic rings. The largest absolute Gasteiger partial charge is 0.325 e. The Hall–Kier alpha value is -1.97. The number of imidazole rings is 1. The number of rotatable bonds is 5. The topological polar surface area (TPSA) is 89.3 Å². The van der Waals surface area contributed by atoms with Crippen molar-refractivity contribution in [2.45, 2.75) is 23.2 Å². The number of aromatic nitrogens is 2. The highest BCUT2D eigenvalue weighted by Gasteiger charge is 2.36. The molecule has 3 rings (SSSR count). The lowest BCUT2D eigenvalue weighted by Gasteiger charge is -2.29. The van der Waals surface area contributed by atoms with Crippen LogP contribution in [-0.4, -0.2) is 49.0 Å². The highest BCUT2D eigenvalue weighted by Crippen LogP contribution is 2.25. The second-order valence-corrected chi connectivity index (χ2v) is 10.2. The van der Waals surface area contributed by atoms with Gasteiger partial charge in [-0.25, -0.2) is 21.8 Å². The van der Waals surface area contributed by atoms with E-state index in [0.717, 1.165) is 5.56 Å². The molecule has 1 aliphatic heterocycles. The third kappa shape index (κ3) is 3.89. The van der Waals surface area contributed by atoms with Crippen LogP contribution >= 0.6 is 0 Å². The first-order valence-corrected chi connectivity index (χ1v) is 11.3. The minimum Gasteiger partial charge on any atom is -0.325 e. The van der Waals surface area contributed by atoms with Gasteiger partial charge in [0.15, 0.2) is 0 Å². The second kappa shape index (κ2) is 7.34. The van der Waals surface area contributed by atoms with E-state index in [9.17, 15) is 16.8 Å². The summed E-state index contributed by atoms with van der Waals surface area (Å²) in [5.41, 5.74) is 0.795. The zero-order chi connectivity index (χ0) is 18.8. The van der Waals surface area contributed by atoms with Crippen molar-refractivity contribution in [1.82, 2.24) is 13.9 Å². The quantitative estimate of drug-likeness (QED) is 0.768. The summed E-state index contributed by atoms with van der Waals surface area (Å²) in [6, 6.07) is 9.16. The van der Waals surface area contributed by atoms with Crippen LogP contribution in [0.5, 0.6) is 0 Å². The Bertz CT molecular complexity index is 988. The molecule has 1 aromatic heterocycles. The van der Waals surface area contributed by atoms with E-state index in [1.54, 1.807) is 19.3 Å². The maximum atomic E-state index is 12.7. The first-order valence-electron chi connectivity index (χ1n) is 8.25. The SMILES string of the molecule is Cn1ccnc1S(=O)(=O)C1CCN(S(=O)(=O)C=Cc2ccccc2)CC1. The summed E-state index contributed by atoms with van der Waals surface area (Å²) in [7, 11) is -5.50. The third-order valence-electron chi connectivity index (χ3n) is 4.46. The monoisotopic (exact) mass is 395 g/mol. The molecule has 0 aliphatic carbocycles. The summed E-state index contributed by atoms with van der Waals surface area (Å²) < 4.78 is 53.1. The van der Waals surface area contributed by atoms with Crippen molar-refractivity contribution < 1.29 is 16.8 Å². The molecule has 0 spiro atoms. The molecular weight excluding hydrogens is 374 g/mol. The lowest BCUT2D eigenvalue weighted by molar-refractivity contribution is 0.348. The lowest BCUT2D eigenvalue weighted by Crippen LogP contribution is -2.42. The molecule has 0 bridgehead atoms. The summed E-state index contributed by atoms with van der Waals surface area (Å²) >= 11 is 0. The molecule has 26 heavy (non-hydrogen) atoms. The smallest absolute Gasteiger partial charge is 0.236 e. The van der Waals surface area contributed by atoms with Gasteiger partial charge in [-0.2, -0.15) is 4.31 Å². The highest BCUT2D eigenvalue weighted by atomic mass is 32.2. The van der Waals surface area contributed by atoms with Crippen molar-refractivity contribution in [3.05, 3.63) is 53.7 Å². The van der Waals surface area contributed by atoms with E-state index in [4.69, 9.17) is 0 Å². The van der Waals surface area contributed by atoms with E-state index in [-0.39, 0.29) is 31.1 Å². The number of hydrogen-bond donors (Lipinski definition) is 0. The first-order chi connectivity index (χ1) is 12.3. The fraction of sp³-hybridized carbons (Fsp3) is 0.353. The molecule has 1 saturated heterocycles. The van der Waals surface area contributed by atoms with Gasteiger partial charge in [0, 0.05) is 37.9 Å². The first kappa shape index (κ1) is 18.8. The molecule has 0 atom stereocenters. The molecule has 7 nitrogen and oxygen atoms in total. The van der Waals surface area contributed by atoms with E-state index in [1.165, 1.54) is 20.5 Å². The van der Waals surface area contributed by atoms with Gasteiger partial charge in [0.05, 0.1) is 5.25 Å². The maximum Gasteiger partial charge on any atom is 0.236 e. The van der Waals surface area contributed by atoms with Crippen LogP contribution in [0.15, 0.2) is 53.3 Å².